The number of carboxylic acid groups (broad SMARTS) is 1. The molecule has 164 valence electrons. The molecule has 1 aliphatic rings. The van der Waals surface area contributed by atoms with Crippen molar-refractivity contribution in [3.8, 4) is 11.1 Å². The highest BCUT2D eigenvalue weighted by atomic mass is 16.5. The normalized spacial score (nSPS) is 18.1. The molecule has 0 unspecified atom stereocenters. The fraction of sp³-hybridized carbons (Fsp3) is 0.231. The van der Waals surface area contributed by atoms with Gasteiger partial charge < -0.3 is 20.1 Å². The Morgan fingerprint density at radius 1 is 0.938 bits per heavy atom. The van der Waals surface area contributed by atoms with E-state index in [1.165, 1.54) is 4.90 Å². The van der Waals surface area contributed by atoms with Crippen LogP contribution < -0.4 is 5.32 Å². The molecular formula is C26H26N2O4. The first-order valence-corrected chi connectivity index (χ1v) is 10.7. The fourth-order valence-electron chi connectivity index (χ4n) is 4.17. The maximum absolute atomic E-state index is 12.5. The Morgan fingerprint density at radius 2 is 1.62 bits per heavy atom. The number of alkyl carbamates (subject to hydrolysis) is 1. The number of nitrogens with one attached hydrogen (secondary N) is 1. The highest BCUT2D eigenvalue weighted by molar-refractivity contribution is 5.69. The zero-order chi connectivity index (χ0) is 22.3. The van der Waals surface area contributed by atoms with E-state index >= 15 is 0 Å². The van der Waals surface area contributed by atoms with Crippen molar-refractivity contribution in [3.63, 3.8) is 0 Å². The number of benzene rings is 3. The predicted molar refractivity (Wildman–Crippen MR) is 122 cm³/mol. The van der Waals surface area contributed by atoms with Crippen LogP contribution in [0.2, 0.25) is 0 Å². The first-order chi connectivity index (χ1) is 15.6. The maximum atomic E-state index is 12.5. The van der Waals surface area contributed by atoms with E-state index in [2.05, 4.69) is 29.6 Å². The molecule has 1 fully saturated rings. The molecule has 2 atom stereocenters. The monoisotopic (exact) mass is 430 g/mol. The van der Waals surface area contributed by atoms with E-state index in [4.69, 9.17) is 4.74 Å². The number of carbonyl (C=O) groups is 2. The predicted octanol–water partition coefficient (Wildman–Crippen LogP) is 5.12. The smallest absolute Gasteiger partial charge is 0.407 e. The van der Waals surface area contributed by atoms with Crippen LogP contribution in [-0.2, 0) is 11.3 Å². The molecule has 6 nitrogen and oxygen atoms in total. The van der Waals surface area contributed by atoms with Gasteiger partial charge in [0.1, 0.15) is 6.61 Å². The number of hydrogen-bond acceptors (Lipinski definition) is 3. The summed E-state index contributed by atoms with van der Waals surface area (Å²) < 4.78 is 5.39. The van der Waals surface area contributed by atoms with E-state index < -0.39 is 12.2 Å². The molecule has 0 saturated carbocycles. The van der Waals surface area contributed by atoms with E-state index in [9.17, 15) is 14.7 Å². The third kappa shape index (κ3) is 5.27. The molecular weight excluding hydrogens is 404 g/mol. The van der Waals surface area contributed by atoms with E-state index in [0.29, 0.717) is 13.0 Å². The van der Waals surface area contributed by atoms with Crippen LogP contribution in [0.25, 0.3) is 11.1 Å². The molecule has 6 heteroatoms. The van der Waals surface area contributed by atoms with Gasteiger partial charge >= 0.3 is 12.2 Å². The van der Waals surface area contributed by atoms with Crippen molar-refractivity contribution in [3.05, 3.63) is 96.1 Å². The molecule has 4 rings (SSSR count). The van der Waals surface area contributed by atoms with Crippen LogP contribution in [0.1, 0.15) is 23.5 Å². The fourth-order valence-corrected chi connectivity index (χ4v) is 4.17. The Kier molecular flexibility index (Phi) is 6.70. The second-order valence-corrected chi connectivity index (χ2v) is 7.93. The zero-order valence-electron chi connectivity index (χ0n) is 17.7. The van der Waals surface area contributed by atoms with Crippen LogP contribution in [-0.4, -0.2) is 41.3 Å². The average molecular weight is 431 g/mol. The van der Waals surface area contributed by atoms with E-state index in [1.54, 1.807) is 0 Å². The van der Waals surface area contributed by atoms with Gasteiger partial charge in [-0.1, -0.05) is 84.9 Å². The number of hydrogen-bond donors (Lipinski definition) is 2. The minimum absolute atomic E-state index is 0.0152. The van der Waals surface area contributed by atoms with Crippen molar-refractivity contribution in [2.75, 3.05) is 13.1 Å². The molecule has 3 aromatic rings. The summed E-state index contributed by atoms with van der Waals surface area (Å²) in [6, 6.07) is 27.4. The Labute approximate surface area is 187 Å². The van der Waals surface area contributed by atoms with Crippen molar-refractivity contribution in [1.29, 1.82) is 0 Å². The zero-order valence-corrected chi connectivity index (χ0v) is 17.7. The van der Waals surface area contributed by atoms with Crippen molar-refractivity contribution >= 4 is 12.2 Å². The van der Waals surface area contributed by atoms with Crippen LogP contribution in [0.3, 0.4) is 0 Å². The molecule has 0 radical (unpaired) electrons. The van der Waals surface area contributed by atoms with E-state index in [0.717, 1.165) is 22.3 Å². The quantitative estimate of drug-likeness (QED) is 0.589. The lowest BCUT2D eigenvalue weighted by Gasteiger charge is -2.37. The maximum Gasteiger partial charge on any atom is 0.407 e. The van der Waals surface area contributed by atoms with E-state index in [-0.39, 0.29) is 25.1 Å². The van der Waals surface area contributed by atoms with Gasteiger partial charge in [0, 0.05) is 19.0 Å². The molecule has 3 aromatic carbocycles. The topological polar surface area (TPSA) is 78.9 Å². The standard InChI is InChI=1S/C26H26N2O4/c29-25(32-18-19-8-3-1-4-9-19)27-24-17-28(26(30)31)15-14-23(24)22-13-7-12-21(16-22)20-10-5-2-6-11-20/h1-13,16,23-24H,14-15,17-18H2,(H,27,29)(H,30,31)/t23-,24+/m0/s1. The van der Waals surface area contributed by atoms with Gasteiger partial charge in [0.05, 0.1) is 6.04 Å². The Bertz CT molecular complexity index is 1060. The van der Waals surface area contributed by atoms with Crippen molar-refractivity contribution in [2.24, 2.45) is 0 Å². The second kappa shape index (κ2) is 10.0. The molecule has 32 heavy (non-hydrogen) atoms. The largest absolute Gasteiger partial charge is 0.465 e. The van der Waals surface area contributed by atoms with Crippen molar-refractivity contribution in [1.82, 2.24) is 10.2 Å². The van der Waals surface area contributed by atoms with Gasteiger partial charge in [0.25, 0.3) is 0 Å². The molecule has 1 saturated heterocycles. The number of rotatable bonds is 5. The minimum atomic E-state index is -0.981. The van der Waals surface area contributed by atoms with Crippen LogP contribution in [0.4, 0.5) is 9.59 Å². The SMILES string of the molecule is O=C(N[C@@H]1CN(C(=O)O)CC[C@H]1c1cccc(-c2ccccc2)c1)OCc1ccccc1. The van der Waals surface area contributed by atoms with Gasteiger partial charge in [-0.05, 0) is 28.7 Å². The Hall–Kier alpha value is -3.80. The van der Waals surface area contributed by atoms with Crippen LogP contribution in [0, 0.1) is 0 Å². The lowest BCUT2D eigenvalue weighted by atomic mass is 9.84. The number of nitrogens with zero attached hydrogens (tertiary/aromatic N) is 1. The molecule has 0 bridgehead atoms. The van der Waals surface area contributed by atoms with Crippen LogP contribution in [0.15, 0.2) is 84.9 Å². The average Bonchev–Trinajstić information content (AvgIpc) is 2.84. The Morgan fingerprint density at radius 3 is 2.34 bits per heavy atom. The summed E-state index contributed by atoms with van der Waals surface area (Å²) in [4.78, 5) is 25.4. The van der Waals surface area contributed by atoms with Gasteiger partial charge in [-0.2, -0.15) is 0 Å². The highest BCUT2D eigenvalue weighted by Crippen LogP contribution is 2.31. The minimum Gasteiger partial charge on any atom is -0.465 e. The van der Waals surface area contributed by atoms with Crippen molar-refractivity contribution in [2.45, 2.75) is 25.0 Å². The molecule has 2 N–H and O–H groups in total. The van der Waals surface area contributed by atoms with Crippen LogP contribution >= 0.6 is 0 Å². The molecule has 1 aliphatic heterocycles. The third-order valence-corrected chi connectivity index (χ3v) is 5.82. The van der Waals surface area contributed by atoms with Gasteiger partial charge in [0.15, 0.2) is 0 Å². The summed E-state index contributed by atoms with van der Waals surface area (Å²) in [5.41, 5.74) is 4.17. The van der Waals surface area contributed by atoms with Gasteiger partial charge in [-0.3, -0.25) is 0 Å². The number of piperidine rings is 1. The van der Waals surface area contributed by atoms with Gasteiger partial charge in [0.2, 0.25) is 0 Å². The number of likely N-dealkylation sites (tertiary alicyclic amines) is 1. The first kappa shape index (κ1) is 21.4. The summed E-state index contributed by atoms with van der Waals surface area (Å²) in [6.45, 7) is 0.805. The highest BCUT2D eigenvalue weighted by Gasteiger charge is 2.34. The summed E-state index contributed by atoms with van der Waals surface area (Å²) in [5, 5.41) is 12.4. The number of amides is 2. The van der Waals surface area contributed by atoms with Crippen LogP contribution in [0.5, 0.6) is 0 Å². The van der Waals surface area contributed by atoms with Gasteiger partial charge in [-0.15, -0.1) is 0 Å². The first-order valence-electron chi connectivity index (χ1n) is 10.7. The summed E-state index contributed by atoms with van der Waals surface area (Å²) in [7, 11) is 0. The number of carbonyl (C=O) groups excluding carboxylic acids is 1. The molecule has 1 heterocycles. The molecule has 2 amide bonds. The van der Waals surface area contributed by atoms with Gasteiger partial charge in [-0.25, -0.2) is 9.59 Å². The molecule has 0 spiro atoms. The lowest BCUT2D eigenvalue weighted by molar-refractivity contribution is 0.106. The summed E-state index contributed by atoms with van der Waals surface area (Å²) in [5.74, 6) is -0.0152. The van der Waals surface area contributed by atoms with E-state index in [1.807, 2.05) is 60.7 Å². The molecule has 0 aliphatic carbocycles. The van der Waals surface area contributed by atoms with Crippen molar-refractivity contribution < 1.29 is 19.4 Å². The third-order valence-electron chi connectivity index (χ3n) is 5.82. The molecule has 0 aromatic heterocycles. The Balaban J connectivity index is 1.51. The lowest BCUT2D eigenvalue weighted by Crippen LogP contribution is -2.53. The number of ether oxygens (including phenoxy) is 1. The summed E-state index contributed by atoms with van der Waals surface area (Å²) in [6.07, 6.45) is -0.907. The summed E-state index contributed by atoms with van der Waals surface area (Å²) >= 11 is 0. The second-order valence-electron chi connectivity index (χ2n) is 7.93.